The number of aromatic carboxylic acids is 1. The van der Waals surface area contributed by atoms with E-state index in [1.165, 1.54) is 24.8 Å². The van der Waals surface area contributed by atoms with Crippen LogP contribution in [-0.2, 0) is 11.3 Å². The zero-order chi connectivity index (χ0) is 26.1. The number of hydrogen-bond acceptors (Lipinski definition) is 3. The molecule has 6 nitrogen and oxygen atoms in total. The number of carboxylic acids is 1. The van der Waals surface area contributed by atoms with Gasteiger partial charge in [-0.25, -0.2) is 4.79 Å². The summed E-state index contributed by atoms with van der Waals surface area (Å²) in [5, 5.41) is 11.5. The molecule has 0 radical (unpaired) electrons. The number of piperazine rings is 1. The fourth-order valence-electron chi connectivity index (χ4n) is 6.12. The summed E-state index contributed by atoms with van der Waals surface area (Å²) < 4.78 is 2.08. The number of aromatic nitrogens is 1. The van der Waals surface area contributed by atoms with Crippen LogP contribution in [0.4, 0.5) is 0 Å². The second kappa shape index (κ2) is 10.9. The predicted molar refractivity (Wildman–Crippen MR) is 148 cm³/mol. The standard InChI is InChI=1S/C30H36ClN3O3/c1-20(2)32-14-16-33(17-15-32)27(35)19-34-26-18-23(30(36)37)10-13-25(26)28(21-6-4-3-5-7-21)29(34)22-8-11-24(31)12-9-22/h8-13,18,20-21H,3-7,14-17,19H2,1-2H3,(H,36,37). The van der Waals surface area contributed by atoms with Gasteiger partial charge in [-0.1, -0.05) is 49.1 Å². The number of nitrogens with zero attached hydrogens (tertiary/aromatic N) is 3. The van der Waals surface area contributed by atoms with Crippen molar-refractivity contribution in [3.8, 4) is 11.3 Å². The summed E-state index contributed by atoms with van der Waals surface area (Å²) in [6.45, 7) is 7.73. The van der Waals surface area contributed by atoms with Crippen LogP contribution in [0.3, 0.4) is 0 Å². The summed E-state index contributed by atoms with van der Waals surface area (Å²) in [6.07, 6.45) is 5.82. The van der Waals surface area contributed by atoms with Crippen LogP contribution in [0.15, 0.2) is 42.5 Å². The monoisotopic (exact) mass is 521 g/mol. The van der Waals surface area contributed by atoms with Crippen LogP contribution in [0.5, 0.6) is 0 Å². The van der Waals surface area contributed by atoms with Gasteiger partial charge in [0.2, 0.25) is 5.91 Å². The lowest BCUT2D eigenvalue weighted by Gasteiger charge is -2.37. The molecule has 2 aromatic carbocycles. The van der Waals surface area contributed by atoms with Gasteiger partial charge in [-0.2, -0.15) is 0 Å². The fourth-order valence-corrected chi connectivity index (χ4v) is 6.25. The molecule has 0 unspecified atom stereocenters. The van der Waals surface area contributed by atoms with Crippen LogP contribution in [0.1, 0.15) is 67.8 Å². The highest BCUT2D eigenvalue weighted by atomic mass is 35.5. The molecule has 2 heterocycles. The number of carboxylic acid groups (broad SMARTS) is 1. The lowest BCUT2D eigenvalue weighted by atomic mass is 9.82. The molecule has 196 valence electrons. The van der Waals surface area contributed by atoms with Gasteiger partial charge in [0.15, 0.2) is 0 Å². The van der Waals surface area contributed by atoms with E-state index in [2.05, 4.69) is 23.3 Å². The van der Waals surface area contributed by atoms with Crippen LogP contribution in [0.2, 0.25) is 5.02 Å². The first-order valence-electron chi connectivity index (χ1n) is 13.5. The largest absolute Gasteiger partial charge is 0.478 e. The molecule has 1 aliphatic carbocycles. The van der Waals surface area contributed by atoms with E-state index in [0.717, 1.165) is 48.1 Å². The topological polar surface area (TPSA) is 65.8 Å². The smallest absolute Gasteiger partial charge is 0.335 e. The number of carbonyl (C=O) groups is 2. The van der Waals surface area contributed by atoms with Gasteiger partial charge in [0.25, 0.3) is 0 Å². The third-order valence-corrected chi connectivity index (χ3v) is 8.42. The minimum atomic E-state index is -0.960. The summed E-state index contributed by atoms with van der Waals surface area (Å²) >= 11 is 6.24. The van der Waals surface area contributed by atoms with E-state index in [1.54, 1.807) is 12.1 Å². The van der Waals surface area contributed by atoms with Crippen molar-refractivity contribution in [1.29, 1.82) is 0 Å². The molecule has 1 aliphatic heterocycles. The molecular formula is C30H36ClN3O3. The number of carbonyl (C=O) groups excluding carboxylic acids is 1. The van der Waals surface area contributed by atoms with E-state index in [4.69, 9.17) is 11.6 Å². The number of halogens is 1. The highest BCUT2D eigenvalue weighted by Gasteiger charge is 2.29. The number of hydrogen-bond donors (Lipinski definition) is 1. The molecule has 1 amide bonds. The molecular weight excluding hydrogens is 486 g/mol. The third-order valence-electron chi connectivity index (χ3n) is 8.17. The molecule has 1 N–H and O–H groups in total. The van der Waals surface area contributed by atoms with Crippen molar-refractivity contribution in [1.82, 2.24) is 14.4 Å². The molecule has 2 aliphatic rings. The van der Waals surface area contributed by atoms with Crippen molar-refractivity contribution in [2.45, 2.75) is 64.5 Å². The normalized spacial score (nSPS) is 17.6. The maximum Gasteiger partial charge on any atom is 0.335 e. The maximum atomic E-state index is 13.7. The Labute approximate surface area is 223 Å². The fraction of sp³-hybridized carbons (Fsp3) is 0.467. The Morgan fingerprint density at radius 1 is 0.973 bits per heavy atom. The summed E-state index contributed by atoms with van der Waals surface area (Å²) in [5.74, 6) is -0.506. The lowest BCUT2D eigenvalue weighted by molar-refractivity contribution is -0.133. The SMILES string of the molecule is CC(C)N1CCN(C(=O)Cn2c(-c3ccc(Cl)cc3)c(C3CCCCC3)c3ccc(C(=O)O)cc32)CC1. The van der Waals surface area contributed by atoms with Gasteiger partial charge in [0, 0.05) is 42.6 Å². The van der Waals surface area contributed by atoms with Gasteiger partial charge in [-0.15, -0.1) is 0 Å². The average molecular weight is 522 g/mol. The molecule has 37 heavy (non-hydrogen) atoms. The van der Waals surface area contributed by atoms with E-state index in [-0.39, 0.29) is 18.0 Å². The Bertz CT molecular complexity index is 1280. The second-order valence-electron chi connectivity index (χ2n) is 10.7. The summed E-state index contributed by atoms with van der Waals surface area (Å²) in [7, 11) is 0. The Morgan fingerprint density at radius 2 is 1.65 bits per heavy atom. The Hall–Kier alpha value is -2.83. The van der Waals surface area contributed by atoms with Crippen molar-refractivity contribution in [2.75, 3.05) is 26.2 Å². The van der Waals surface area contributed by atoms with Crippen molar-refractivity contribution < 1.29 is 14.7 Å². The molecule has 1 saturated carbocycles. The first-order chi connectivity index (χ1) is 17.8. The van der Waals surface area contributed by atoms with Crippen LogP contribution < -0.4 is 0 Å². The predicted octanol–water partition coefficient (Wildman–Crippen LogP) is 6.26. The highest BCUT2D eigenvalue weighted by Crippen LogP contribution is 2.44. The minimum Gasteiger partial charge on any atom is -0.478 e. The van der Waals surface area contributed by atoms with Gasteiger partial charge in [0.1, 0.15) is 6.54 Å². The quantitative estimate of drug-likeness (QED) is 0.415. The van der Waals surface area contributed by atoms with E-state index in [1.807, 2.05) is 35.2 Å². The summed E-state index contributed by atoms with van der Waals surface area (Å²) in [5.41, 5.74) is 4.33. The summed E-state index contributed by atoms with van der Waals surface area (Å²) in [4.78, 5) is 29.9. The van der Waals surface area contributed by atoms with Crippen LogP contribution >= 0.6 is 11.6 Å². The molecule has 2 fully saturated rings. The molecule has 0 bridgehead atoms. The van der Waals surface area contributed by atoms with Crippen LogP contribution in [0.25, 0.3) is 22.2 Å². The zero-order valence-corrected chi connectivity index (χ0v) is 22.5. The van der Waals surface area contributed by atoms with Gasteiger partial charge < -0.3 is 14.6 Å². The zero-order valence-electron chi connectivity index (χ0n) is 21.8. The van der Waals surface area contributed by atoms with Crippen LogP contribution in [-0.4, -0.2) is 63.6 Å². The first-order valence-corrected chi connectivity index (χ1v) is 13.9. The maximum absolute atomic E-state index is 13.7. The van der Waals surface area contributed by atoms with E-state index in [9.17, 15) is 14.7 Å². The second-order valence-corrected chi connectivity index (χ2v) is 11.2. The number of amides is 1. The van der Waals surface area contributed by atoms with Crippen molar-refractivity contribution in [3.63, 3.8) is 0 Å². The van der Waals surface area contributed by atoms with E-state index < -0.39 is 5.97 Å². The molecule has 0 atom stereocenters. The van der Waals surface area contributed by atoms with E-state index >= 15 is 0 Å². The van der Waals surface area contributed by atoms with Crippen molar-refractivity contribution >= 4 is 34.4 Å². The minimum absolute atomic E-state index is 0.0754. The van der Waals surface area contributed by atoms with Crippen molar-refractivity contribution in [3.05, 3.63) is 58.6 Å². The van der Waals surface area contributed by atoms with Crippen LogP contribution in [0, 0.1) is 0 Å². The summed E-state index contributed by atoms with van der Waals surface area (Å²) in [6, 6.07) is 13.7. The Morgan fingerprint density at radius 3 is 2.27 bits per heavy atom. The molecule has 5 rings (SSSR count). The number of fused-ring (bicyclic) bond motifs is 1. The van der Waals surface area contributed by atoms with Gasteiger partial charge in [-0.05, 0) is 68.0 Å². The van der Waals surface area contributed by atoms with E-state index in [0.29, 0.717) is 30.1 Å². The third kappa shape index (κ3) is 5.27. The Kier molecular flexibility index (Phi) is 7.59. The van der Waals surface area contributed by atoms with Gasteiger partial charge in [-0.3, -0.25) is 9.69 Å². The Balaban J connectivity index is 1.63. The molecule has 1 saturated heterocycles. The average Bonchev–Trinajstić information content (AvgIpc) is 3.22. The number of benzene rings is 2. The number of rotatable bonds is 6. The molecule has 3 aromatic rings. The lowest BCUT2D eigenvalue weighted by Crippen LogP contribution is -2.51. The highest BCUT2D eigenvalue weighted by molar-refractivity contribution is 6.30. The molecule has 0 spiro atoms. The molecule has 7 heteroatoms. The van der Waals surface area contributed by atoms with Gasteiger partial charge in [0.05, 0.1) is 16.8 Å². The van der Waals surface area contributed by atoms with Crippen molar-refractivity contribution in [2.24, 2.45) is 0 Å². The van der Waals surface area contributed by atoms with Gasteiger partial charge >= 0.3 is 5.97 Å². The molecule has 1 aromatic heterocycles. The first kappa shape index (κ1) is 25.8.